The summed E-state index contributed by atoms with van der Waals surface area (Å²) in [4.78, 5) is 25.2. The molecule has 2 amide bonds. The van der Waals surface area contributed by atoms with E-state index < -0.39 is 5.97 Å². The van der Waals surface area contributed by atoms with E-state index in [1.54, 1.807) is 23.1 Å². The number of carbonyl (C=O) groups excluding carboxylic acids is 1. The van der Waals surface area contributed by atoms with E-state index in [2.05, 4.69) is 19.2 Å². The van der Waals surface area contributed by atoms with Crippen LogP contribution >= 0.6 is 0 Å². The minimum atomic E-state index is -1.04. The van der Waals surface area contributed by atoms with Crippen LogP contribution < -0.4 is 5.32 Å². The summed E-state index contributed by atoms with van der Waals surface area (Å²) in [6, 6.07) is 4.72. The molecule has 1 aromatic carbocycles. The minimum absolute atomic E-state index is 0.114. The fraction of sp³-hybridized carbons (Fsp3) is 0.500. The Morgan fingerprint density at radius 3 is 2.52 bits per heavy atom. The first-order valence-corrected chi connectivity index (χ1v) is 7.28. The van der Waals surface area contributed by atoms with Crippen molar-refractivity contribution in [2.24, 2.45) is 5.92 Å². The molecular weight excluding hydrogens is 268 g/mol. The third-order valence-corrected chi connectivity index (χ3v) is 3.54. The minimum Gasteiger partial charge on any atom is -0.478 e. The molecule has 0 saturated carbocycles. The summed E-state index contributed by atoms with van der Waals surface area (Å²) in [5, 5.41) is 11.9. The van der Waals surface area contributed by atoms with Crippen molar-refractivity contribution in [3.05, 3.63) is 29.3 Å². The zero-order valence-corrected chi connectivity index (χ0v) is 13.1. The first-order valence-electron chi connectivity index (χ1n) is 7.28. The molecule has 0 radical (unpaired) electrons. The molecule has 0 fully saturated rings. The fourth-order valence-corrected chi connectivity index (χ4v) is 2.00. The van der Waals surface area contributed by atoms with Gasteiger partial charge < -0.3 is 15.3 Å². The maximum Gasteiger partial charge on any atom is 0.337 e. The van der Waals surface area contributed by atoms with E-state index in [9.17, 15) is 14.7 Å². The molecule has 0 aromatic heterocycles. The standard InChI is InChI=1S/C16H24N2O3/c1-5-11(3)10-18(6-2)16(21)17-14-8-7-12(4)9-13(14)15(19)20/h7-9,11H,5-6,10H2,1-4H3,(H,17,21)(H,19,20). The van der Waals surface area contributed by atoms with E-state index in [-0.39, 0.29) is 11.6 Å². The van der Waals surface area contributed by atoms with Crippen LogP contribution in [-0.2, 0) is 0 Å². The van der Waals surface area contributed by atoms with Crippen LogP contribution in [0.5, 0.6) is 0 Å². The summed E-state index contributed by atoms with van der Waals surface area (Å²) >= 11 is 0. The Kier molecular flexibility index (Phi) is 6.21. The lowest BCUT2D eigenvalue weighted by atomic mass is 10.1. The molecule has 2 N–H and O–H groups in total. The molecule has 1 aromatic rings. The maximum absolute atomic E-state index is 12.3. The van der Waals surface area contributed by atoms with Crippen LogP contribution in [0.1, 0.15) is 43.1 Å². The third kappa shape index (κ3) is 4.77. The molecule has 0 saturated heterocycles. The topological polar surface area (TPSA) is 69.6 Å². The molecule has 0 spiro atoms. The third-order valence-electron chi connectivity index (χ3n) is 3.54. The summed E-state index contributed by atoms with van der Waals surface area (Å²) in [5.74, 6) is -0.633. The predicted molar refractivity (Wildman–Crippen MR) is 83.9 cm³/mol. The van der Waals surface area contributed by atoms with Crippen molar-refractivity contribution in [1.29, 1.82) is 0 Å². The molecule has 21 heavy (non-hydrogen) atoms. The lowest BCUT2D eigenvalue weighted by molar-refractivity contribution is 0.0698. The van der Waals surface area contributed by atoms with Gasteiger partial charge in [0.15, 0.2) is 0 Å². The number of nitrogens with zero attached hydrogens (tertiary/aromatic N) is 1. The number of hydrogen-bond acceptors (Lipinski definition) is 2. The molecule has 0 heterocycles. The number of hydrogen-bond donors (Lipinski definition) is 2. The molecule has 1 rings (SSSR count). The summed E-state index contributed by atoms with van der Waals surface area (Å²) in [7, 11) is 0. The van der Waals surface area contributed by atoms with Gasteiger partial charge in [-0.15, -0.1) is 0 Å². The number of anilines is 1. The number of urea groups is 1. The Morgan fingerprint density at radius 1 is 1.33 bits per heavy atom. The van der Waals surface area contributed by atoms with Crippen molar-refractivity contribution in [2.75, 3.05) is 18.4 Å². The van der Waals surface area contributed by atoms with Gasteiger partial charge in [0.2, 0.25) is 0 Å². The number of carboxylic acid groups (broad SMARTS) is 1. The largest absolute Gasteiger partial charge is 0.478 e. The zero-order chi connectivity index (χ0) is 16.0. The number of rotatable bonds is 6. The van der Waals surface area contributed by atoms with Crippen molar-refractivity contribution in [3.8, 4) is 0 Å². The van der Waals surface area contributed by atoms with Crippen molar-refractivity contribution in [3.63, 3.8) is 0 Å². The quantitative estimate of drug-likeness (QED) is 0.841. The molecule has 0 aliphatic carbocycles. The first kappa shape index (κ1) is 17.0. The molecule has 0 aliphatic heterocycles. The van der Waals surface area contributed by atoms with Gasteiger partial charge in [-0.1, -0.05) is 31.9 Å². The van der Waals surface area contributed by atoms with Gasteiger partial charge in [-0.05, 0) is 31.9 Å². The molecule has 0 aliphatic rings. The van der Waals surface area contributed by atoms with Crippen LogP contribution in [-0.4, -0.2) is 35.1 Å². The Hall–Kier alpha value is -2.04. The van der Waals surface area contributed by atoms with E-state index in [4.69, 9.17) is 0 Å². The van der Waals surface area contributed by atoms with Gasteiger partial charge in [-0.2, -0.15) is 0 Å². The van der Waals surface area contributed by atoms with E-state index in [1.165, 1.54) is 0 Å². The average Bonchev–Trinajstić information content (AvgIpc) is 2.45. The molecule has 1 unspecified atom stereocenters. The van der Waals surface area contributed by atoms with Gasteiger partial charge in [-0.25, -0.2) is 9.59 Å². The highest BCUT2D eigenvalue weighted by Gasteiger charge is 2.17. The van der Waals surface area contributed by atoms with Crippen LogP contribution in [0.2, 0.25) is 0 Å². The summed E-state index contributed by atoms with van der Waals surface area (Å²) in [6.45, 7) is 9.15. The zero-order valence-electron chi connectivity index (χ0n) is 13.1. The molecule has 116 valence electrons. The highest BCUT2D eigenvalue weighted by atomic mass is 16.4. The summed E-state index contributed by atoms with van der Waals surface area (Å²) in [5.41, 5.74) is 1.29. The van der Waals surface area contributed by atoms with Gasteiger partial charge in [0.05, 0.1) is 11.3 Å². The van der Waals surface area contributed by atoms with Gasteiger partial charge in [0.25, 0.3) is 0 Å². The number of benzene rings is 1. The number of nitrogens with one attached hydrogen (secondary N) is 1. The predicted octanol–water partition coefficient (Wildman–Crippen LogP) is 3.59. The van der Waals surface area contributed by atoms with E-state index >= 15 is 0 Å². The lowest BCUT2D eigenvalue weighted by Gasteiger charge is -2.24. The first-order chi connectivity index (χ1) is 9.88. The van der Waals surface area contributed by atoms with Crippen LogP contribution in [0.4, 0.5) is 10.5 Å². The smallest absolute Gasteiger partial charge is 0.337 e. The van der Waals surface area contributed by atoms with Crippen molar-refractivity contribution in [2.45, 2.75) is 34.1 Å². The average molecular weight is 292 g/mol. The highest BCUT2D eigenvalue weighted by molar-refractivity contribution is 6.00. The maximum atomic E-state index is 12.3. The number of aryl methyl sites for hydroxylation is 1. The Balaban J connectivity index is 2.89. The lowest BCUT2D eigenvalue weighted by Crippen LogP contribution is -2.38. The number of amides is 2. The van der Waals surface area contributed by atoms with Gasteiger partial charge in [-0.3, -0.25) is 0 Å². The van der Waals surface area contributed by atoms with Crippen molar-refractivity contribution in [1.82, 2.24) is 4.90 Å². The normalized spacial score (nSPS) is 11.8. The second-order valence-electron chi connectivity index (χ2n) is 5.34. The Morgan fingerprint density at radius 2 is 2.00 bits per heavy atom. The van der Waals surface area contributed by atoms with Crippen LogP contribution in [0.15, 0.2) is 18.2 Å². The monoisotopic (exact) mass is 292 g/mol. The molecule has 5 heteroatoms. The SMILES string of the molecule is CCC(C)CN(CC)C(=O)Nc1ccc(C)cc1C(=O)O. The summed E-state index contributed by atoms with van der Waals surface area (Å²) < 4.78 is 0. The molecule has 1 atom stereocenters. The Labute approximate surface area is 126 Å². The van der Waals surface area contributed by atoms with Gasteiger partial charge in [0.1, 0.15) is 0 Å². The van der Waals surface area contributed by atoms with Crippen LogP contribution in [0.3, 0.4) is 0 Å². The number of aromatic carboxylic acids is 1. The second-order valence-corrected chi connectivity index (χ2v) is 5.34. The van der Waals surface area contributed by atoms with Crippen LogP contribution in [0, 0.1) is 12.8 Å². The van der Waals surface area contributed by atoms with Crippen molar-refractivity contribution >= 4 is 17.7 Å². The van der Waals surface area contributed by atoms with E-state index in [0.717, 1.165) is 12.0 Å². The van der Waals surface area contributed by atoms with Gasteiger partial charge >= 0.3 is 12.0 Å². The molecule has 0 bridgehead atoms. The summed E-state index contributed by atoms with van der Waals surface area (Å²) in [6.07, 6.45) is 0.995. The fourth-order valence-electron chi connectivity index (χ4n) is 2.00. The molecule has 5 nitrogen and oxygen atoms in total. The van der Waals surface area contributed by atoms with Gasteiger partial charge in [0, 0.05) is 13.1 Å². The second kappa shape index (κ2) is 7.67. The highest BCUT2D eigenvalue weighted by Crippen LogP contribution is 2.18. The van der Waals surface area contributed by atoms with E-state index in [1.807, 2.05) is 13.8 Å². The number of carboxylic acids is 1. The van der Waals surface area contributed by atoms with E-state index in [0.29, 0.717) is 24.7 Å². The molecular formula is C16H24N2O3. The number of carbonyl (C=O) groups is 2. The Bertz CT molecular complexity index is 514. The van der Waals surface area contributed by atoms with Crippen LogP contribution in [0.25, 0.3) is 0 Å². The van der Waals surface area contributed by atoms with Crippen molar-refractivity contribution < 1.29 is 14.7 Å².